The zero-order valence-electron chi connectivity index (χ0n) is 12.8. The summed E-state index contributed by atoms with van der Waals surface area (Å²) in [6.07, 6.45) is 7.06. The maximum absolute atomic E-state index is 6.67. The number of nitrogens with two attached hydrogens (primary N) is 1. The first-order valence-corrected chi connectivity index (χ1v) is 7.99. The van der Waals surface area contributed by atoms with Gasteiger partial charge in [-0.2, -0.15) is 0 Å². The van der Waals surface area contributed by atoms with Crippen molar-refractivity contribution in [3.8, 4) is 5.75 Å². The Labute approximate surface area is 127 Å². The number of rotatable bonds is 6. The van der Waals surface area contributed by atoms with Crippen molar-refractivity contribution in [1.82, 2.24) is 0 Å². The maximum atomic E-state index is 6.67. The van der Waals surface area contributed by atoms with Crippen molar-refractivity contribution in [1.29, 1.82) is 0 Å². The molecule has 0 atom stereocenters. The lowest BCUT2D eigenvalue weighted by molar-refractivity contribution is 0.00499. The Kier molecular flexibility index (Phi) is 4.66. The number of hydrogen-bond donors (Lipinski definition) is 1. The van der Waals surface area contributed by atoms with Crippen LogP contribution in [0, 0.1) is 5.41 Å². The van der Waals surface area contributed by atoms with E-state index in [2.05, 4.69) is 13.8 Å². The molecule has 1 saturated carbocycles. The molecule has 0 unspecified atom stereocenters. The Morgan fingerprint density at radius 3 is 2.30 bits per heavy atom. The normalized spacial score (nSPS) is 19.4. The largest absolute Gasteiger partial charge is 0.496 e. The molecule has 2 N–H and O–H groups in total. The first-order chi connectivity index (χ1) is 9.48. The predicted molar refractivity (Wildman–Crippen MR) is 85.4 cm³/mol. The highest BCUT2D eigenvalue weighted by Gasteiger charge is 2.52. The summed E-state index contributed by atoms with van der Waals surface area (Å²) in [6.45, 7) is 4.52. The van der Waals surface area contributed by atoms with Crippen molar-refractivity contribution >= 4 is 11.6 Å². The number of ether oxygens (including phenoxy) is 1. The highest BCUT2D eigenvalue weighted by atomic mass is 35.5. The Balaban J connectivity index is 2.24. The molecule has 2 nitrogen and oxygen atoms in total. The van der Waals surface area contributed by atoms with Crippen molar-refractivity contribution in [2.45, 2.75) is 57.9 Å². The molecule has 0 radical (unpaired) electrons. The fourth-order valence-electron chi connectivity index (χ4n) is 4.09. The molecule has 1 aliphatic carbocycles. The van der Waals surface area contributed by atoms with Gasteiger partial charge >= 0.3 is 0 Å². The van der Waals surface area contributed by atoms with Gasteiger partial charge < -0.3 is 10.5 Å². The molecule has 3 heteroatoms. The van der Waals surface area contributed by atoms with E-state index in [-0.39, 0.29) is 5.54 Å². The van der Waals surface area contributed by atoms with E-state index in [4.69, 9.17) is 22.1 Å². The van der Waals surface area contributed by atoms with Crippen LogP contribution in [0.1, 0.15) is 57.9 Å². The van der Waals surface area contributed by atoms with Gasteiger partial charge in [0.1, 0.15) is 5.75 Å². The predicted octanol–water partition coefficient (Wildman–Crippen LogP) is 4.88. The molecule has 0 heterocycles. The van der Waals surface area contributed by atoms with E-state index in [9.17, 15) is 0 Å². The minimum Gasteiger partial charge on any atom is -0.496 e. The lowest BCUT2D eigenvalue weighted by Crippen LogP contribution is -2.55. The smallest absolute Gasteiger partial charge is 0.124 e. The highest BCUT2D eigenvalue weighted by Crippen LogP contribution is 2.59. The third kappa shape index (κ3) is 2.82. The molecule has 0 spiro atoms. The molecule has 0 bridgehead atoms. The van der Waals surface area contributed by atoms with Crippen LogP contribution in [0.2, 0.25) is 5.02 Å². The Bertz CT molecular complexity index is 458. The van der Waals surface area contributed by atoms with Gasteiger partial charge in [-0.25, -0.2) is 0 Å². The van der Waals surface area contributed by atoms with Crippen LogP contribution in [0.4, 0.5) is 0 Å². The first kappa shape index (κ1) is 15.7. The van der Waals surface area contributed by atoms with Crippen molar-refractivity contribution in [3.05, 3.63) is 28.8 Å². The molecule has 112 valence electrons. The van der Waals surface area contributed by atoms with E-state index in [1.807, 2.05) is 18.2 Å². The lowest BCUT2D eigenvalue weighted by atomic mass is 9.52. The summed E-state index contributed by atoms with van der Waals surface area (Å²) in [4.78, 5) is 0. The van der Waals surface area contributed by atoms with Crippen LogP contribution in [0.3, 0.4) is 0 Å². The third-order valence-electron chi connectivity index (χ3n) is 4.64. The van der Waals surface area contributed by atoms with Gasteiger partial charge in [0.05, 0.1) is 7.11 Å². The Morgan fingerprint density at radius 2 is 1.80 bits per heavy atom. The Hall–Kier alpha value is -0.730. The van der Waals surface area contributed by atoms with Gasteiger partial charge in [-0.1, -0.05) is 38.3 Å². The van der Waals surface area contributed by atoms with E-state index >= 15 is 0 Å². The van der Waals surface area contributed by atoms with Crippen molar-refractivity contribution < 1.29 is 4.74 Å². The average Bonchev–Trinajstić information content (AvgIpc) is 2.37. The van der Waals surface area contributed by atoms with Gasteiger partial charge in [-0.15, -0.1) is 0 Å². The van der Waals surface area contributed by atoms with Gasteiger partial charge in [-0.05, 0) is 49.3 Å². The first-order valence-electron chi connectivity index (χ1n) is 7.61. The van der Waals surface area contributed by atoms with Crippen LogP contribution in [-0.2, 0) is 5.54 Å². The summed E-state index contributed by atoms with van der Waals surface area (Å²) < 4.78 is 5.47. The minimum atomic E-state index is -0.277. The van der Waals surface area contributed by atoms with Gasteiger partial charge in [0.25, 0.3) is 0 Å². The number of halogens is 1. The highest BCUT2D eigenvalue weighted by molar-refractivity contribution is 6.30. The minimum absolute atomic E-state index is 0.277. The molecule has 0 amide bonds. The van der Waals surface area contributed by atoms with E-state index in [1.54, 1.807) is 7.11 Å². The number of benzene rings is 1. The van der Waals surface area contributed by atoms with Crippen LogP contribution in [0.15, 0.2) is 18.2 Å². The second-order valence-corrected chi connectivity index (χ2v) is 6.79. The average molecular weight is 296 g/mol. The van der Waals surface area contributed by atoms with Crippen LogP contribution in [0.5, 0.6) is 5.75 Å². The monoisotopic (exact) mass is 295 g/mol. The lowest BCUT2D eigenvalue weighted by Gasteiger charge is -2.55. The SMILES string of the molecule is CCCC1(CCC)CC(N)(c2cc(Cl)ccc2OC)C1. The number of hydrogen-bond acceptors (Lipinski definition) is 2. The van der Waals surface area contributed by atoms with Crippen molar-refractivity contribution in [2.75, 3.05) is 7.11 Å². The second kappa shape index (κ2) is 5.95. The van der Waals surface area contributed by atoms with Crippen LogP contribution in [-0.4, -0.2) is 7.11 Å². The summed E-state index contributed by atoms with van der Waals surface area (Å²) in [6, 6.07) is 5.76. The summed E-state index contributed by atoms with van der Waals surface area (Å²) >= 11 is 6.14. The molecule has 1 aromatic carbocycles. The van der Waals surface area contributed by atoms with Gasteiger partial charge in [0.15, 0.2) is 0 Å². The molecule has 0 aromatic heterocycles. The molecular formula is C17H26ClNO. The quantitative estimate of drug-likeness (QED) is 0.811. The zero-order chi connectivity index (χ0) is 14.8. The molecule has 2 rings (SSSR count). The molecule has 0 aliphatic heterocycles. The van der Waals surface area contributed by atoms with Gasteiger partial charge in [0, 0.05) is 16.1 Å². The summed E-state index contributed by atoms with van der Waals surface area (Å²) in [5, 5.41) is 0.731. The third-order valence-corrected chi connectivity index (χ3v) is 4.87. The van der Waals surface area contributed by atoms with Crippen LogP contribution < -0.4 is 10.5 Å². The summed E-state index contributed by atoms with van der Waals surface area (Å²) in [5.41, 5.74) is 7.88. The van der Waals surface area contributed by atoms with Crippen molar-refractivity contribution in [3.63, 3.8) is 0 Å². The molecule has 1 aromatic rings. The molecule has 1 aliphatic rings. The molecule has 0 saturated heterocycles. The molecular weight excluding hydrogens is 270 g/mol. The summed E-state index contributed by atoms with van der Waals surface area (Å²) in [5.74, 6) is 0.860. The molecule has 1 fully saturated rings. The second-order valence-electron chi connectivity index (χ2n) is 6.35. The summed E-state index contributed by atoms with van der Waals surface area (Å²) in [7, 11) is 1.69. The Morgan fingerprint density at radius 1 is 1.20 bits per heavy atom. The van der Waals surface area contributed by atoms with E-state index in [0.29, 0.717) is 5.41 Å². The van der Waals surface area contributed by atoms with E-state index < -0.39 is 0 Å². The molecule has 20 heavy (non-hydrogen) atoms. The number of methoxy groups -OCH3 is 1. The van der Waals surface area contributed by atoms with E-state index in [0.717, 1.165) is 29.2 Å². The van der Waals surface area contributed by atoms with Crippen molar-refractivity contribution in [2.24, 2.45) is 11.1 Å². The van der Waals surface area contributed by atoms with Crippen LogP contribution >= 0.6 is 11.6 Å². The van der Waals surface area contributed by atoms with Gasteiger partial charge in [-0.3, -0.25) is 0 Å². The maximum Gasteiger partial charge on any atom is 0.124 e. The fraction of sp³-hybridized carbons (Fsp3) is 0.647. The van der Waals surface area contributed by atoms with Crippen LogP contribution in [0.25, 0.3) is 0 Å². The standard InChI is InChI=1S/C17H26ClNO/c1-4-8-16(9-5-2)11-17(19,12-16)14-10-13(18)6-7-15(14)20-3/h6-7,10H,4-5,8-9,11-12,19H2,1-3H3. The zero-order valence-corrected chi connectivity index (χ0v) is 13.6. The topological polar surface area (TPSA) is 35.2 Å². The van der Waals surface area contributed by atoms with Gasteiger partial charge in [0.2, 0.25) is 0 Å². The fourth-order valence-corrected chi connectivity index (χ4v) is 4.26. The van der Waals surface area contributed by atoms with E-state index in [1.165, 1.54) is 25.7 Å².